The SMILES string of the molecule is COc1ccc(-c2noc(C3CCNC(C)C3)n2)cc1. The van der Waals surface area contributed by atoms with Crippen molar-refractivity contribution in [1.82, 2.24) is 15.5 Å². The first-order valence-corrected chi connectivity index (χ1v) is 6.97. The highest BCUT2D eigenvalue weighted by molar-refractivity contribution is 5.55. The van der Waals surface area contributed by atoms with Crippen LogP contribution in [0.4, 0.5) is 0 Å². The Hall–Kier alpha value is -1.88. The zero-order chi connectivity index (χ0) is 13.9. The van der Waals surface area contributed by atoms with E-state index in [2.05, 4.69) is 22.4 Å². The summed E-state index contributed by atoms with van der Waals surface area (Å²) in [7, 11) is 1.65. The van der Waals surface area contributed by atoms with Gasteiger partial charge in [-0.2, -0.15) is 4.98 Å². The van der Waals surface area contributed by atoms with Crippen LogP contribution in [0.2, 0.25) is 0 Å². The molecule has 2 aromatic rings. The standard InChI is InChI=1S/C15H19N3O2/c1-10-9-12(7-8-16-10)15-17-14(18-20-15)11-3-5-13(19-2)6-4-11/h3-6,10,12,16H,7-9H2,1-2H3. The molecule has 2 unspecified atom stereocenters. The molecular formula is C15H19N3O2. The van der Waals surface area contributed by atoms with Gasteiger partial charge in [0.25, 0.3) is 0 Å². The van der Waals surface area contributed by atoms with E-state index in [4.69, 9.17) is 9.26 Å². The number of hydrogen-bond acceptors (Lipinski definition) is 5. The number of hydrogen-bond donors (Lipinski definition) is 1. The highest BCUT2D eigenvalue weighted by Crippen LogP contribution is 2.28. The van der Waals surface area contributed by atoms with Crippen LogP contribution in [0.5, 0.6) is 5.75 Å². The predicted molar refractivity (Wildman–Crippen MR) is 75.7 cm³/mol. The van der Waals surface area contributed by atoms with E-state index in [9.17, 15) is 0 Å². The number of methoxy groups -OCH3 is 1. The lowest BCUT2D eigenvalue weighted by molar-refractivity contribution is 0.295. The Morgan fingerprint density at radius 2 is 2.10 bits per heavy atom. The van der Waals surface area contributed by atoms with E-state index in [1.807, 2.05) is 24.3 Å². The van der Waals surface area contributed by atoms with E-state index in [0.29, 0.717) is 17.8 Å². The monoisotopic (exact) mass is 273 g/mol. The summed E-state index contributed by atoms with van der Waals surface area (Å²) >= 11 is 0. The van der Waals surface area contributed by atoms with Gasteiger partial charge in [-0.05, 0) is 50.6 Å². The van der Waals surface area contributed by atoms with Crippen LogP contribution in [-0.4, -0.2) is 29.8 Å². The maximum Gasteiger partial charge on any atom is 0.230 e. The van der Waals surface area contributed by atoms with Gasteiger partial charge in [0, 0.05) is 17.5 Å². The van der Waals surface area contributed by atoms with Crippen molar-refractivity contribution in [2.45, 2.75) is 31.7 Å². The highest BCUT2D eigenvalue weighted by atomic mass is 16.5. The molecule has 1 aromatic carbocycles. The number of nitrogens with one attached hydrogen (secondary N) is 1. The number of aromatic nitrogens is 2. The molecule has 5 nitrogen and oxygen atoms in total. The number of nitrogens with zero attached hydrogens (tertiary/aromatic N) is 2. The molecule has 1 aliphatic heterocycles. The maximum atomic E-state index is 5.44. The summed E-state index contributed by atoms with van der Waals surface area (Å²) in [6.07, 6.45) is 2.10. The first kappa shape index (κ1) is 13.1. The van der Waals surface area contributed by atoms with Crippen molar-refractivity contribution in [3.63, 3.8) is 0 Å². The number of rotatable bonds is 3. The third kappa shape index (κ3) is 2.67. The zero-order valence-corrected chi connectivity index (χ0v) is 11.8. The number of benzene rings is 1. The third-order valence-electron chi connectivity index (χ3n) is 3.76. The molecule has 106 valence electrons. The van der Waals surface area contributed by atoms with E-state index in [1.165, 1.54) is 0 Å². The van der Waals surface area contributed by atoms with Crippen LogP contribution in [0.15, 0.2) is 28.8 Å². The van der Waals surface area contributed by atoms with Crippen LogP contribution in [0, 0.1) is 0 Å². The van der Waals surface area contributed by atoms with Crippen molar-refractivity contribution in [3.8, 4) is 17.1 Å². The van der Waals surface area contributed by atoms with E-state index < -0.39 is 0 Å². The molecule has 2 heterocycles. The summed E-state index contributed by atoms with van der Waals surface area (Å²) in [5, 5.41) is 7.52. The summed E-state index contributed by atoms with van der Waals surface area (Å²) < 4.78 is 10.6. The van der Waals surface area contributed by atoms with Gasteiger partial charge < -0.3 is 14.6 Å². The minimum Gasteiger partial charge on any atom is -0.497 e. The van der Waals surface area contributed by atoms with Gasteiger partial charge in [-0.15, -0.1) is 0 Å². The van der Waals surface area contributed by atoms with Crippen LogP contribution in [-0.2, 0) is 0 Å². The maximum absolute atomic E-state index is 5.44. The molecule has 3 rings (SSSR count). The van der Waals surface area contributed by atoms with Crippen molar-refractivity contribution in [2.75, 3.05) is 13.7 Å². The fourth-order valence-electron chi connectivity index (χ4n) is 2.61. The van der Waals surface area contributed by atoms with Gasteiger partial charge in [0.05, 0.1) is 7.11 Å². The fourth-order valence-corrected chi connectivity index (χ4v) is 2.61. The van der Waals surface area contributed by atoms with Gasteiger partial charge in [-0.25, -0.2) is 0 Å². The molecule has 0 radical (unpaired) electrons. The lowest BCUT2D eigenvalue weighted by Gasteiger charge is -2.25. The summed E-state index contributed by atoms with van der Waals surface area (Å²) in [6, 6.07) is 8.19. The minimum atomic E-state index is 0.366. The van der Waals surface area contributed by atoms with Gasteiger partial charge >= 0.3 is 0 Å². The Labute approximate surface area is 118 Å². The molecule has 1 aromatic heterocycles. The molecule has 1 aliphatic rings. The molecule has 2 atom stereocenters. The van der Waals surface area contributed by atoms with Crippen molar-refractivity contribution in [3.05, 3.63) is 30.2 Å². The van der Waals surface area contributed by atoms with Gasteiger partial charge in [-0.3, -0.25) is 0 Å². The van der Waals surface area contributed by atoms with Crippen LogP contribution in [0.1, 0.15) is 31.6 Å². The zero-order valence-electron chi connectivity index (χ0n) is 11.8. The second-order valence-electron chi connectivity index (χ2n) is 5.26. The average Bonchev–Trinajstić information content (AvgIpc) is 2.97. The Balaban J connectivity index is 1.78. The van der Waals surface area contributed by atoms with Crippen LogP contribution in [0.25, 0.3) is 11.4 Å². The van der Waals surface area contributed by atoms with Crippen molar-refractivity contribution < 1.29 is 9.26 Å². The largest absolute Gasteiger partial charge is 0.497 e. The van der Waals surface area contributed by atoms with Gasteiger partial charge in [-0.1, -0.05) is 5.16 Å². The van der Waals surface area contributed by atoms with E-state index >= 15 is 0 Å². The van der Waals surface area contributed by atoms with Gasteiger partial charge in [0.1, 0.15) is 5.75 Å². The number of ether oxygens (including phenoxy) is 1. The van der Waals surface area contributed by atoms with Crippen LogP contribution in [0.3, 0.4) is 0 Å². The quantitative estimate of drug-likeness (QED) is 0.931. The smallest absolute Gasteiger partial charge is 0.230 e. The molecule has 20 heavy (non-hydrogen) atoms. The summed E-state index contributed by atoms with van der Waals surface area (Å²) in [5.41, 5.74) is 0.947. The molecule has 1 N–H and O–H groups in total. The Kier molecular flexibility index (Phi) is 3.69. The molecule has 0 bridgehead atoms. The predicted octanol–water partition coefficient (Wildman–Crippen LogP) is 2.60. The van der Waals surface area contributed by atoms with Gasteiger partial charge in [0.15, 0.2) is 0 Å². The molecule has 5 heteroatoms. The Bertz CT molecular complexity index is 565. The molecule has 0 aliphatic carbocycles. The van der Waals surface area contributed by atoms with Crippen molar-refractivity contribution in [1.29, 1.82) is 0 Å². The molecule has 0 amide bonds. The Morgan fingerprint density at radius 3 is 2.80 bits per heavy atom. The van der Waals surface area contributed by atoms with Crippen molar-refractivity contribution >= 4 is 0 Å². The second-order valence-corrected chi connectivity index (χ2v) is 5.26. The topological polar surface area (TPSA) is 60.2 Å². The van der Waals surface area contributed by atoms with Gasteiger partial charge in [0.2, 0.25) is 11.7 Å². The third-order valence-corrected chi connectivity index (χ3v) is 3.76. The summed E-state index contributed by atoms with van der Waals surface area (Å²) in [5.74, 6) is 2.59. The number of piperidine rings is 1. The van der Waals surface area contributed by atoms with Crippen LogP contribution >= 0.6 is 0 Å². The molecular weight excluding hydrogens is 254 g/mol. The van der Waals surface area contributed by atoms with E-state index in [-0.39, 0.29) is 0 Å². The van der Waals surface area contributed by atoms with Crippen LogP contribution < -0.4 is 10.1 Å². The van der Waals surface area contributed by atoms with Crippen molar-refractivity contribution in [2.24, 2.45) is 0 Å². The normalized spacial score (nSPS) is 22.7. The average molecular weight is 273 g/mol. The fraction of sp³-hybridized carbons (Fsp3) is 0.467. The second kappa shape index (κ2) is 5.63. The van der Waals surface area contributed by atoms with E-state index in [1.54, 1.807) is 7.11 Å². The first-order valence-electron chi connectivity index (χ1n) is 6.97. The summed E-state index contributed by atoms with van der Waals surface area (Å²) in [6.45, 7) is 3.19. The lowest BCUT2D eigenvalue weighted by atomic mass is 9.93. The Morgan fingerprint density at radius 1 is 1.30 bits per heavy atom. The first-order chi connectivity index (χ1) is 9.76. The van der Waals surface area contributed by atoms with E-state index in [0.717, 1.165) is 36.6 Å². The lowest BCUT2D eigenvalue weighted by Crippen LogP contribution is -2.34. The molecule has 0 spiro atoms. The molecule has 1 saturated heterocycles. The molecule has 0 saturated carbocycles. The highest BCUT2D eigenvalue weighted by Gasteiger charge is 2.25. The minimum absolute atomic E-state index is 0.366. The summed E-state index contributed by atoms with van der Waals surface area (Å²) in [4.78, 5) is 4.55. The molecule has 1 fully saturated rings.